The van der Waals surface area contributed by atoms with Crippen molar-refractivity contribution in [3.63, 3.8) is 0 Å². The molecule has 0 spiro atoms. The van der Waals surface area contributed by atoms with E-state index in [0.717, 1.165) is 29.7 Å². The number of hydrogen-bond acceptors (Lipinski definition) is 14. The van der Waals surface area contributed by atoms with Crippen LogP contribution in [0.25, 0.3) is 0 Å². The Hall–Kier alpha value is -6.15. The summed E-state index contributed by atoms with van der Waals surface area (Å²) in [4.78, 5) is 96.2. The number of nitrogens with zero attached hydrogens (tertiary/aromatic N) is 6. The van der Waals surface area contributed by atoms with Crippen LogP contribution in [0.5, 0.6) is 5.75 Å². The fraction of sp³-hybridized carbons (Fsp3) is 0.717. The van der Waals surface area contributed by atoms with Gasteiger partial charge in [-0.1, -0.05) is 25.7 Å². The maximum absolute atomic E-state index is 14.2. The highest BCUT2D eigenvalue weighted by Crippen LogP contribution is 2.22. The van der Waals surface area contributed by atoms with Gasteiger partial charge in [0.1, 0.15) is 45.2 Å². The number of amidine groups is 1. The zero-order valence-corrected chi connectivity index (χ0v) is 47.7. The molecular weight excluding hydrogens is 957 g/mol. The van der Waals surface area contributed by atoms with Crippen molar-refractivity contribution in [2.75, 3.05) is 39.3 Å². The minimum atomic E-state index is -1.02. The van der Waals surface area contributed by atoms with E-state index in [4.69, 9.17) is 33.2 Å². The molecule has 2 N–H and O–H groups in total. The molecule has 0 aromatic heterocycles. The van der Waals surface area contributed by atoms with E-state index in [-0.39, 0.29) is 31.6 Å². The molecule has 6 amide bonds. The second-order valence-electron chi connectivity index (χ2n) is 23.7. The lowest BCUT2D eigenvalue weighted by atomic mass is 10.1. The first-order chi connectivity index (χ1) is 33.9. The Morgan fingerprint density at radius 1 is 0.554 bits per heavy atom. The summed E-state index contributed by atoms with van der Waals surface area (Å²) in [7, 11) is 0. The fourth-order valence-corrected chi connectivity index (χ4v) is 6.46. The van der Waals surface area contributed by atoms with Gasteiger partial charge in [0.15, 0.2) is 0 Å². The molecule has 0 aliphatic carbocycles. The quantitative estimate of drug-likeness (QED) is 0.0678. The number of unbranched alkanes of at least 4 members (excludes halogenated alkanes) is 6. The smallest absolute Gasteiger partial charge is 0.437 e. The number of carbonyl (C=O) groups excluding carboxylic acids is 6. The van der Waals surface area contributed by atoms with Crippen LogP contribution < -0.4 is 15.4 Å². The Morgan fingerprint density at radius 2 is 1.00 bits per heavy atom. The van der Waals surface area contributed by atoms with E-state index in [1.54, 1.807) is 116 Å². The van der Waals surface area contributed by atoms with E-state index in [1.807, 2.05) is 32.9 Å². The standard InChI is InChI=1S/C53H88N8O13/c1-48(2,3)69-42(62)56-40(57-43(63)70-49(4,5)6)55-31-23-21-19-20-22-24-33-60(46(66)73-52(13,14)15)41(58-44(64)71-50(7,8)9)61(47(67)74-53(16,17)18)34-25-26-36-68-38-29-27-37(28-30-38)39-54-32-35-59(39)45(65)72-51(10,11)12/h27-30H,19-26,31-36H2,1-18H3,(H2,55,56,57,62,63)/b58-41+. The summed E-state index contributed by atoms with van der Waals surface area (Å²) < 4.78 is 39.5. The van der Waals surface area contributed by atoms with Crippen LogP contribution in [0.4, 0.5) is 28.8 Å². The predicted octanol–water partition coefficient (Wildman–Crippen LogP) is 11.4. The normalized spacial score (nSPS) is 13.8. The minimum absolute atomic E-state index is 0.0238. The highest BCUT2D eigenvalue weighted by molar-refractivity contribution is 6.07. The molecule has 418 valence electrons. The third-order valence-electron chi connectivity index (χ3n) is 9.22. The van der Waals surface area contributed by atoms with Crippen molar-refractivity contribution in [2.45, 2.75) is 210 Å². The van der Waals surface area contributed by atoms with Crippen LogP contribution in [0.2, 0.25) is 0 Å². The molecule has 21 heteroatoms. The summed E-state index contributed by atoms with van der Waals surface area (Å²) >= 11 is 0. The highest BCUT2D eigenvalue weighted by Gasteiger charge is 2.36. The third-order valence-corrected chi connectivity index (χ3v) is 9.22. The topological polar surface area (TPSA) is 238 Å². The third kappa shape index (κ3) is 27.8. The second kappa shape index (κ2) is 27.9. The molecule has 1 aliphatic heterocycles. The number of alkyl carbamates (subject to hydrolysis) is 1. The molecule has 0 bridgehead atoms. The summed E-state index contributed by atoms with van der Waals surface area (Å²) in [6.45, 7) is 32.5. The van der Waals surface area contributed by atoms with Crippen molar-refractivity contribution in [1.82, 2.24) is 25.3 Å². The van der Waals surface area contributed by atoms with Gasteiger partial charge in [0, 0.05) is 25.2 Å². The molecule has 0 saturated carbocycles. The van der Waals surface area contributed by atoms with E-state index >= 15 is 0 Å². The molecule has 0 saturated heterocycles. The Morgan fingerprint density at radius 3 is 1.49 bits per heavy atom. The first-order valence-electron chi connectivity index (χ1n) is 25.6. The summed E-state index contributed by atoms with van der Waals surface area (Å²) in [5, 5.41) is 5.47. The highest BCUT2D eigenvalue weighted by atomic mass is 16.6. The van der Waals surface area contributed by atoms with Crippen molar-refractivity contribution < 1.29 is 61.9 Å². The molecule has 74 heavy (non-hydrogen) atoms. The van der Waals surface area contributed by atoms with Crippen molar-refractivity contribution in [1.29, 1.82) is 0 Å². The number of nitrogens with one attached hydrogen (secondary N) is 2. The maximum Gasteiger partial charge on any atom is 0.437 e. The number of ether oxygens (including phenoxy) is 7. The number of hydrogen-bond donors (Lipinski definition) is 2. The average Bonchev–Trinajstić information content (AvgIpc) is 3.69. The molecule has 0 fully saturated rings. The van der Waals surface area contributed by atoms with Gasteiger partial charge in [-0.2, -0.15) is 0 Å². The summed E-state index contributed by atoms with van der Waals surface area (Å²) in [5.41, 5.74) is -4.33. The lowest BCUT2D eigenvalue weighted by molar-refractivity contribution is 0.0267. The number of carbonyl (C=O) groups is 6. The van der Waals surface area contributed by atoms with E-state index in [2.05, 4.69) is 25.6 Å². The van der Waals surface area contributed by atoms with Crippen LogP contribution in [0.15, 0.2) is 39.2 Å². The zero-order chi connectivity index (χ0) is 56.3. The van der Waals surface area contributed by atoms with Gasteiger partial charge < -0.3 is 38.5 Å². The molecule has 0 radical (unpaired) electrons. The van der Waals surface area contributed by atoms with Crippen LogP contribution in [0.3, 0.4) is 0 Å². The Labute approximate surface area is 439 Å². The van der Waals surface area contributed by atoms with Gasteiger partial charge in [-0.25, -0.2) is 38.6 Å². The van der Waals surface area contributed by atoms with Gasteiger partial charge in [-0.3, -0.25) is 15.2 Å². The molecular formula is C53H88N8O13. The van der Waals surface area contributed by atoms with Crippen molar-refractivity contribution in [2.24, 2.45) is 15.0 Å². The minimum Gasteiger partial charge on any atom is -0.494 e. The maximum atomic E-state index is 14.2. The molecule has 2 rings (SSSR count). The zero-order valence-electron chi connectivity index (χ0n) is 47.7. The monoisotopic (exact) mass is 1040 g/mol. The van der Waals surface area contributed by atoms with Gasteiger partial charge in [-0.15, -0.1) is 9.98 Å². The van der Waals surface area contributed by atoms with Crippen LogP contribution in [-0.2, 0) is 28.4 Å². The first kappa shape index (κ1) is 64.0. The van der Waals surface area contributed by atoms with Crippen molar-refractivity contribution in [3.8, 4) is 5.75 Å². The summed E-state index contributed by atoms with van der Waals surface area (Å²) in [5.74, 6) is 0.701. The van der Waals surface area contributed by atoms with Crippen LogP contribution in [-0.4, -0.2) is 142 Å². The van der Waals surface area contributed by atoms with Crippen molar-refractivity contribution >= 4 is 54.3 Å². The lowest BCUT2D eigenvalue weighted by Gasteiger charge is -2.34. The number of amides is 6. The second-order valence-corrected chi connectivity index (χ2v) is 23.7. The first-order valence-corrected chi connectivity index (χ1v) is 25.6. The largest absolute Gasteiger partial charge is 0.494 e. The van der Waals surface area contributed by atoms with Gasteiger partial charge in [0.05, 0.1) is 19.7 Å². The number of benzene rings is 1. The van der Waals surface area contributed by atoms with Crippen molar-refractivity contribution in [3.05, 3.63) is 29.8 Å². The van der Waals surface area contributed by atoms with Crippen LogP contribution in [0, 0.1) is 0 Å². The van der Waals surface area contributed by atoms with Gasteiger partial charge in [0.2, 0.25) is 11.9 Å². The predicted molar refractivity (Wildman–Crippen MR) is 284 cm³/mol. The molecule has 1 aromatic carbocycles. The van der Waals surface area contributed by atoms with E-state index in [1.165, 1.54) is 9.80 Å². The summed E-state index contributed by atoms with van der Waals surface area (Å²) in [6.07, 6.45) is 0.0635. The molecule has 1 aromatic rings. The number of aliphatic imine (C=N–C) groups is 3. The van der Waals surface area contributed by atoms with Gasteiger partial charge in [0.25, 0.3) is 0 Å². The molecule has 21 nitrogen and oxygen atoms in total. The lowest BCUT2D eigenvalue weighted by Crippen LogP contribution is -2.53. The summed E-state index contributed by atoms with van der Waals surface area (Å²) in [6, 6.07) is 7.21. The average molecular weight is 1050 g/mol. The van der Waals surface area contributed by atoms with E-state index < -0.39 is 70.2 Å². The molecule has 0 atom stereocenters. The fourth-order valence-electron chi connectivity index (χ4n) is 6.46. The van der Waals surface area contributed by atoms with Gasteiger partial charge in [-0.05, 0) is 175 Å². The van der Waals surface area contributed by atoms with Crippen LogP contribution in [0.1, 0.15) is 182 Å². The molecule has 1 aliphatic rings. The van der Waals surface area contributed by atoms with E-state index in [9.17, 15) is 28.8 Å². The molecule has 0 unspecified atom stereocenters. The Bertz CT molecular complexity index is 2120. The van der Waals surface area contributed by atoms with Gasteiger partial charge >= 0.3 is 36.6 Å². The Balaban J connectivity index is 2.25. The Kier molecular flexibility index (Phi) is 24.2. The number of guanidine groups is 2. The molecule has 1 heterocycles. The SMILES string of the molecule is CC(C)(C)OC(=O)/N=C(\NCCCCCCCCN(C(=O)OC(C)(C)C)/C(=N\C(=O)OC(C)(C)C)N(CCCCOc1ccc(C2=NCCN2C(=O)OC(C)(C)C)cc1)C(=O)OC(C)(C)C)NC(=O)OC(C)(C)C. The number of rotatable bonds is 16. The van der Waals surface area contributed by atoms with E-state index in [0.29, 0.717) is 63.3 Å². The van der Waals surface area contributed by atoms with Crippen LogP contribution >= 0.6 is 0 Å².